The molecule has 1 aromatic rings. The van der Waals surface area contributed by atoms with E-state index in [4.69, 9.17) is 16.7 Å². The number of nitrogens with one attached hydrogen (secondary N) is 1. The van der Waals surface area contributed by atoms with Crippen molar-refractivity contribution in [1.29, 1.82) is 0 Å². The molecule has 0 amide bonds. The average molecular weight is 226 g/mol. The van der Waals surface area contributed by atoms with Gasteiger partial charge in [0.25, 0.3) is 0 Å². The molecule has 1 rings (SSSR count). The molecule has 3 nitrogen and oxygen atoms in total. The summed E-state index contributed by atoms with van der Waals surface area (Å²) in [5, 5.41) is 12.2. The van der Waals surface area contributed by atoms with Gasteiger partial charge in [0, 0.05) is 23.7 Å². The molecule has 0 saturated carbocycles. The van der Waals surface area contributed by atoms with Gasteiger partial charge in [-0.25, -0.2) is 4.79 Å². The molecule has 0 aliphatic carbocycles. The fraction of sp³-hybridized carbons (Fsp3) is 0.182. The largest absolute Gasteiger partial charge is 0.478 e. The number of carboxylic acid groups (broad SMARTS) is 1. The van der Waals surface area contributed by atoms with Crippen LogP contribution in [0.1, 0.15) is 5.56 Å². The molecule has 0 aliphatic heterocycles. The van der Waals surface area contributed by atoms with E-state index in [1.165, 1.54) is 0 Å². The number of carbonyl (C=O) groups is 1. The van der Waals surface area contributed by atoms with E-state index < -0.39 is 5.97 Å². The minimum absolute atomic E-state index is 0.156. The second-order valence-corrected chi connectivity index (χ2v) is 3.58. The van der Waals surface area contributed by atoms with Crippen LogP contribution < -0.4 is 5.32 Å². The van der Waals surface area contributed by atoms with Crippen molar-refractivity contribution in [3.05, 3.63) is 47.0 Å². The molecule has 2 N–H and O–H groups in total. The summed E-state index contributed by atoms with van der Waals surface area (Å²) in [6, 6.07) is 7.37. The van der Waals surface area contributed by atoms with E-state index in [0.29, 0.717) is 11.6 Å². The van der Waals surface area contributed by atoms with Crippen LogP contribution in [0, 0.1) is 0 Å². The summed E-state index contributed by atoms with van der Waals surface area (Å²) in [7, 11) is 0. The quantitative estimate of drug-likeness (QED) is 0.755. The first-order valence-electron chi connectivity index (χ1n) is 4.46. The van der Waals surface area contributed by atoms with Gasteiger partial charge in [0.15, 0.2) is 0 Å². The summed E-state index contributed by atoms with van der Waals surface area (Å²) < 4.78 is 0. The van der Waals surface area contributed by atoms with Gasteiger partial charge >= 0.3 is 5.97 Å². The van der Waals surface area contributed by atoms with Gasteiger partial charge < -0.3 is 10.4 Å². The van der Waals surface area contributed by atoms with Crippen molar-refractivity contribution in [3.63, 3.8) is 0 Å². The minimum atomic E-state index is -0.974. The monoisotopic (exact) mass is 225 g/mol. The fourth-order valence-electron chi connectivity index (χ4n) is 1.04. The van der Waals surface area contributed by atoms with Crippen molar-refractivity contribution in [2.24, 2.45) is 0 Å². The van der Waals surface area contributed by atoms with Gasteiger partial charge in [-0.3, -0.25) is 0 Å². The van der Waals surface area contributed by atoms with Crippen LogP contribution in [0.3, 0.4) is 0 Å². The molecule has 80 valence electrons. The highest BCUT2D eigenvalue weighted by Gasteiger charge is 2.02. The summed E-state index contributed by atoms with van der Waals surface area (Å²) in [4.78, 5) is 10.4. The SMILES string of the molecule is C=C(CNCc1ccc(Cl)cc1)C(=O)O. The first-order valence-corrected chi connectivity index (χ1v) is 4.83. The molecule has 4 heteroatoms. The van der Waals surface area contributed by atoms with Crippen molar-refractivity contribution in [3.8, 4) is 0 Å². The lowest BCUT2D eigenvalue weighted by atomic mass is 10.2. The maximum atomic E-state index is 10.4. The van der Waals surface area contributed by atoms with E-state index in [-0.39, 0.29) is 12.1 Å². The predicted octanol–water partition coefficient (Wildman–Crippen LogP) is 2.07. The van der Waals surface area contributed by atoms with E-state index >= 15 is 0 Å². The van der Waals surface area contributed by atoms with Crippen LogP contribution >= 0.6 is 11.6 Å². The number of hydrogen-bond donors (Lipinski definition) is 2. The number of rotatable bonds is 5. The van der Waals surface area contributed by atoms with Crippen LogP contribution in [0.5, 0.6) is 0 Å². The number of hydrogen-bond acceptors (Lipinski definition) is 2. The van der Waals surface area contributed by atoms with Crippen molar-refractivity contribution >= 4 is 17.6 Å². The molecule has 1 aromatic carbocycles. The molecule has 0 saturated heterocycles. The Morgan fingerprint density at radius 2 is 2.00 bits per heavy atom. The standard InChI is InChI=1S/C11H12ClNO2/c1-8(11(14)15)6-13-7-9-2-4-10(12)5-3-9/h2-5,13H,1,6-7H2,(H,14,15). The molecule has 0 spiro atoms. The van der Waals surface area contributed by atoms with Crippen molar-refractivity contribution in [2.45, 2.75) is 6.54 Å². The average Bonchev–Trinajstić information content (AvgIpc) is 2.20. The first kappa shape index (κ1) is 11.8. The van der Waals surface area contributed by atoms with Gasteiger partial charge in [0.05, 0.1) is 0 Å². The molecule has 0 aliphatic rings. The lowest BCUT2D eigenvalue weighted by Gasteiger charge is -2.04. The summed E-state index contributed by atoms with van der Waals surface area (Å²) in [5.74, 6) is -0.974. The Morgan fingerprint density at radius 1 is 1.40 bits per heavy atom. The maximum Gasteiger partial charge on any atom is 0.332 e. The normalized spacial score (nSPS) is 9.93. The Hall–Kier alpha value is -1.32. The van der Waals surface area contributed by atoms with Gasteiger partial charge in [0.2, 0.25) is 0 Å². The summed E-state index contributed by atoms with van der Waals surface area (Å²) in [6.45, 7) is 4.29. The second-order valence-electron chi connectivity index (χ2n) is 3.14. The van der Waals surface area contributed by atoms with Gasteiger partial charge in [-0.1, -0.05) is 30.3 Å². The van der Waals surface area contributed by atoms with E-state index in [0.717, 1.165) is 5.56 Å². The summed E-state index contributed by atoms with van der Waals surface area (Å²) in [6.07, 6.45) is 0. The van der Waals surface area contributed by atoms with Gasteiger partial charge in [-0.05, 0) is 17.7 Å². The van der Waals surface area contributed by atoms with Crippen LogP contribution in [0.25, 0.3) is 0 Å². The van der Waals surface area contributed by atoms with Crippen molar-refractivity contribution in [1.82, 2.24) is 5.32 Å². The van der Waals surface area contributed by atoms with Crippen LogP contribution in [-0.4, -0.2) is 17.6 Å². The van der Waals surface area contributed by atoms with E-state index in [2.05, 4.69) is 11.9 Å². The van der Waals surface area contributed by atoms with E-state index in [1.807, 2.05) is 12.1 Å². The van der Waals surface area contributed by atoms with Crippen molar-refractivity contribution < 1.29 is 9.90 Å². The Balaban J connectivity index is 2.35. The van der Waals surface area contributed by atoms with E-state index in [9.17, 15) is 4.79 Å². The molecule has 0 atom stereocenters. The molecular formula is C11H12ClNO2. The number of halogens is 1. The molecule has 0 unspecified atom stereocenters. The predicted molar refractivity (Wildman–Crippen MR) is 59.9 cm³/mol. The van der Waals surface area contributed by atoms with Crippen LogP contribution in [0.4, 0.5) is 0 Å². The van der Waals surface area contributed by atoms with Gasteiger partial charge in [0.1, 0.15) is 0 Å². The van der Waals surface area contributed by atoms with Crippen molar-refractivity contribution in [2.75, 3.05) is 6.54 Å². The zero-order valence-electron chi connectivity index (χ0n) is 8.16. The maximum absolute atomic E-state index is 10.4. The Labute approximate surface area is 93.4 Å². The highest BCUT2D eigenvalue weighted by molar-refractivity contribution is 6.30. The topological polar surface area (TPSA) is 49.3 Å². The number of carboxylic acids is 1. The zero-order chi connectivity index (χ0) is 11.3. The molecule has 0 heterocycles. The third-order valence-electron chi connectivity index (χ3n) is 1.88. The Bertz CT molecular complexity index is 359. The van der Waals surface area contributed by atoms with Crippen LogP contribution in [-0.2, 0) is 11.3 Å². The molecule has 0 radical (unpaired) electrons. The van der Waals surface area contributed by atoms with Crippen LogP contribution in [0.2, 0.25) is 5.02 Å². The fourth-order valence-corrected chi connectivity index (χ4v) is 1.16. The third kappa shape index (κ3) is 4.14. The number of benzene rings is 1. The Morgan fingerprint density at radius 3 is 2.53 bits per heavy atom. The Kier molecular flexibility index (Phi) is 4.34. The highest BCUT2D eigenvalue weighted by atomic mass is 35.5. The summed E-state index contributed by atoms with van der Waals surface area (Å²) in [5.41, 5.74) is 1.21. The van der Waals surface area contributed by atoms with E-state index in [1.54, 1.807) is 12.1 Å². The smallest absolute Gasteiger partial charge is 0.332 e. The lowest BCUT2D eigenvalue weighted by Crippen LogP contribution is -2.19. The molecule has 0 aromatic heterocycles. The molecule has 15 heavy (non-hydrogen) atoms. The molecular weight excluding hydrogens is 214 g/mol. The number of aliphatic carboxylic acids is 1. The first-order chi connectivity index (χ1) is 7.09. The minimum Gasteiger partial charge on any atom is -0.478 e. The third-order valence-corrected chi connectivity index (χ3v) is 2.14. The summed E-state index contributed by atoms with van der Waals surface area (Å²) >= 11 is 5.73. The van der Waals surface area contributed by atoms with Gasteiger partial charge in [-0.2, -0.15) is 0 Å². The lowest BCUT2D eigenvalue weighted by molar-refractivity contribution is -0.132. The zero-order valence-corrected chi connectivity index (χ0v) is 8.92. The van der Waals surface area contributed by atoms with Gasteiger partial charge in [-0.15, -0.1) is 0 Å². The molecule has 0 bridgehead atoms. The van der Waals surface area contributed by atoms with Crippen LogP contribution in [0.15, 0.2) is 36.4 Å². The second kappa shape index (κ2) is 5.53. The molecule has 0 fully saturated rings. The highest BCUT2D eigenvalue weighted by Crippen LogP contribution is 2.09.